The van der Waals surface area contributed by atoms with Crippen LogP contribution in [0.25, 0.3) is 16.5 Å². The lowest BCUT2D eigenvalue weighted by molar-refractivity contribution is -0.144. The molecule has 3 aromatic rings. The Hall–Kier alpha value is -3.34. The molecule has 0 bridgehead atoms. The monoisotopic (exact) mass is 401 g/mol. The number of para-hydroxylation sites is 1. The van der Waals surface area contributed by atoms with Crippen molar-refractivity contribution in [2.24, 2.45) is 5.92 Å². The van der Waals surface area contributed by atoms with Crippen LogP contribution in [0.5, 0.6) is 0 Å². The van der Waals surface area contributed by atoms with Crippen LogP contribution in [0.15, 0.2) is 54.1 Å². The molecule has 0 fully saturated rings. The van der Waals surface area contributed by atoms with Gasteiger partial charge < -0.3 is 14.5 Å². The number of fused-ring (bicyclic) bond motifs is 5. The SMILES string of the molecule is COC(=O)C1Cc2c([nH]c3ccccc23)C(C(=O)OC)CC2=C1Cc1ccccc12. The molecule has 30 heavy (non-hydrogen) atoms. The first-order valence-corrected chi connectivity index (χ1v) is 10.2. The van der Waals surface area contributed by atoms with Crippen molar-refractivity contribution >= 4 is 28.4 Å². The zero-order valence-corrected chi connectivity index (χ0v) is 17.0. The van der Waals surface area contributed by atoms with Crippen LogP contribution in [0.3, 0.4) is 0 Å². The molecule has 2 aliphatic rings. The van der Waals surface area contributed by atoms with Gasteiger partial charge >= 0.3 is 11.9 Å². The first-order chi connectivity index (χ1) is 14.6. The van der Waals surface area contributed by atoms with Gasteiger partial charge in [0.05, 0.1) is 20.1 Å². The van der Waals surface area contributed by atoms with Crippen LogP contribution in [0.1, 0.15) is 34.7 Å². The number of methoxy groups -OCH3 is 2. The van der Waals surface area contributed by atoms with Crippen LogP contribution in [0.4, 0.5) is 0 Å². The van der Waals surface area contributed by atoms with E-state index in [-0.39, 0.29) is 17.9 Å². The number of benzene rings is 2. The predicted molar refractivity (Wildman–Crippen MR) is 114 cm³/mol. The first kappa shape index (κ1) is 18.7. The summed E-state index contributed by atoms with van der Waals surface area (Å²) < 4.78 is 10.4. The minimum atomic E-state index is -0.452. The summed E-state index contributed by atoms with van der Waals surface area (Å²) in [6.45, 7) is 0. The predicted octanol–water partition coefficient (Wildman–Crippen LogP) is 4.17. The number of H-pyrrole nitrogens is 1. The number of carbonyl (C=O) groups is 2. The van der Waals surface area contributed by atoms with Crippen molar-refractivity contribution in [2.45, 2.75) is 25.2 Å². The van der Waals surface area contributed by atoms with Crippen molar-refractivity contribution in [1.82, 2.24) is 4.98 Å². The highest BCUT2D eigenvalue weighted by atomic mass is 16.5. The molecule has 1 aromatic heterocycles. The lowest BCUT2D eigenvalue weighted by Crippen LogP contribution is -2.26. The summed E-state index contributed by atoms with van der Waals surface area (Å²) >= 11 is 0. The highest BCUT2D eigenvalue weighted by molar-refractivity contribution is 5.93. The molecule has 1 heterocycles. The number of nitrogens with one attached hydrogen (secondary N) is 1. The topological polar surface area (TPSA) is 68.4 Å². The van der Waals surface area contributed by atoms with E-state index >= 15 is 0 Å². The van der Waals surface area contributed by atoms with Gasteiger partial charge in [-0.1, -0.05) is 42.5 Å². The number of allylic oxidation sites excluding steroid dienone is 1. The maximum atomic E-state index is 12.9. The van der Waals surface area contributed by atoms with Crippen molar-refractivity contribution in [1.29, 1.82) is 0 Å². The van der Waals surface area contributed by atoms with Crippen molar-refractivity contribution in [3.63, 3.8) is 0 Å². The van der Waals surface area contributed by atoms with E-state index in [0.717, 1.165) is 38.9 Å². The van der Waals surface area contributed by atoms with Gasteiger partial charge in [-0.2, -0.15) is 0 Å². The number of aromatic amines is 1. The van der Waals surface area contributed by atoms with Gasteiger partial charge in [0.2, 0.25) is 0 Å². The second-order valence-electron chi connectivity index (χ2n) is 7.96. The van der Waals surface area contributed by atoms with Gasteiger partial charge in [-0.15, -0.1) is 0 Å². The van der Waals surface area contributed by atoms with Crippen molar-refractivity contribution in [3.05, 3.63) is 76.5 Å². The van der Waals surface area contributed by atoms with Gasteiger partial charge in [-0.3, -0.25) is 9.59 Å². The van der Waals surface area contributed by atoms with E-state index < -0.39 is 5.92 Å². The molecule has 0 amide bonds. The Morgan fingerprint density at radius 1 is 0.900 bits per heavy atom. The van der Waals surface area contributed by atoms with E-state index in [1.54, 1.807) is 0 Å². The minimum Gasteiger partial charge on any atom is -0.469 e. The second-order valence-corrected chi connectivity index (χ2v) is 7.96. The number of ether oxygens (including phenoxy) is 2. The Balaban J connectivity index is 1.75. The molecule has 0 radical (unpaired) electrons. The van der Waals surface area contributed by atoms with Gasteiger partial charge in [0, 0.05) is 16.6 Å². The summed E-state index contributed by atoms with van der Waals surface area (Å²) in [7, 11) is 2.87. The number of hydrogen-bond acceptors (Lipinski definition) is 4. The fourth-order valence-electron chi connectivity index (χ4n) is 5.11. The maximum Gasteiger partial charge on any atom is 0.315 e. The fourth-order valence-corrected chi connectivity index (χ4v) is 5.11. The molecule has 5 nitrogen and oxygen atoms in total. The van der Waals surface area contributed by atoms with Crippen LogP contribution >= 0.6 is 0 Å². The van der Waals surface area contributed by atoms with Crippen LogP contribution in [0, 0.1) is 5.92 Å². The molecule has 0 spiro atoms. The third-order valence-electron chi connectivity index (χ3n) is 6.51. The van der Waals surface area contributed by atoms with Crippen molar-refractivity contribution in [3.8, 4) is 0 Å². The Bertz CT molecular complexity index is 1200. The van der Waals surface area contributed by atoms with Crippen LogP contribution in [-0.4, -0.2) is 31.1 Å². The Morgan fingerprint density at radius 3 is 2.40 bits per heavy atom. The Morgan fingerprint density at radius 2 is 1.60 bits per heavy atom. The lowest BCUT2D eigenvalue weighted by atomic mass is 9.80. The molecular formula is C25H23NO4. The van der Waals surface area contributed by atoms with Gasteiger partial charge in [-0.05, 0) is 53.2 Å². The number of hydrogen-bond donors (Lipinski definition) is 1. The summed E-state index contributed by atoms with van der Waals surface area (Å²) in [5, 5.41) is 1.04. The summed E-state index contributed by atoms with van der Waals surface area (Å²) in [5.41, 5.74) is 7.24. The number of rotatable bonds is 2. The average Bonchev–Trinajstić information content (AvgIpc) is 3.31. The third kappa shape index (κ3) is 2.76. The van der Waals surface area contributed by atoms with E-state index in [9.17, 15) is 9.59 Å². The maximum absolute atomic E-state index is 12.9. The third-order valence-corrected chi connectivity index (χ3v) is 6.51. The van der Waals surface area contributed by atoms with Crippen molar-refractivity contribution < 1.29 is 19.1 Å². The van der Waals surface area contributed by atoms with E-state index in [1.807, 2.05) is 36.4 Å². The molecule has 152 valence electrons. The van der Waals surface area contributed by atoms with Gasteiger partial charge in [-0.25, -0.2) is 0 Å². The first-order valence-electron chi connectivity index (χ1n) is 10.2. The molecule has 5 rings (SSSR count). The largest absolute Gasteiger partial charge is 0.469 e. The molecule has 0 aliphatic heterocycles. The van der Waals surface area contributed by atoms with Crippen molar-refractivity contribution in [2.75, 3.05) is 14.2 Å². The van der Waals surface area contributed by atoms with Crippen LogP contribution in [-0.2, 0) is 31.9 Å². The molecule has 0 saturated carbocycles. The van der Waals surface area contributed by atoms with Crippen LogP contribution < -0.4 is 0 Å². The number of carbonyl (C=O) groups excluding carboxylic acids is 2. The molecule has 5 heteroatoms. The molecule has 2 aliphatic carbocycles. The summed E-state index contributed by atoms with van der Waals surface area (Å²) in [5.74, 6) is -1.33. The highest BCUT2D eigenvalue weighted by Crippen LogP contribution is 2.46. The molecular weight excluding hydrogens is 378 g/mol. The van der Waals surface area contributed by atoms with E-state index in [1.165, 1.54) is 19.8 Å². The van der Waals surface area contributed by atoms with Gasteiger partial charge in [0.25, 0.3) is 0 Å². The van der Waals surface area contributed by atoms with E-state index in [4.69, 9.17) is 9.47 Å². The lowest BCUT2D eigenvalue weighted by Gasteiger charge is -2.25. The smallest absolute Gasteiger partial charge is 0.315 e. The minimum absolute atomic E-state index is 0.233. The fraction of sp³-hybridized carbons (Fsp3) is 0.280. The molecule has 0 saturated heterocycles. The molecule has 2 atom stereocenters. The highest BCUT2D eigenvalue weighted by Gasteiger charge is 2.39. The Kier molecular flexibility index (Phi) is 4.46. The summed E-state index contributed by atoms with van der Waals surface area (Å²) in [6.07, 6.45) is 1.69. The molecule has 2 aromatic carbocycles. The zero-order valence-electron chi connectivity index (χ0n) is 17.0. The molecule has 1 N–H and O–H groups in total. The second kappa shape index (κ2) is 7.17. The van der Waals surface area contributed by atoms with Gasteiger partial charge in [0.15, 0.2) is 0 Å². The average molecular weight is 401 g/mol. The number of aromatic nitrogens is 1. The molecule has 2 unspecified atom stereocenters. The number of esters is 2. The van der Waals surface area contributed by atoms with Crippen LogP contribution in [0.2, 0.25) is 0 Å². The normalized spacial score (nSPS) is 20.1. The quantitative estimate of drug-likeness (QED) is 0.655. The van der Waals surface area contributed by atoms with Gasteiger partial charge in [0.1, 0.15) is 5.92 Å². The Labute approximate surface area is 174 Å². The standard InChI is InChI=1S/C25H23NO4/c1-29-24(27)20-13-19-16-9-5-6-10-22(16)26-23(19)21(25(28)30-2)12-18-15-8-4-3-7-14(15)11-17(18)20/h3-10,20-21,26H,11-13H2,1-2H3. The summed E-state index contributed by atoms with van der Waals surface area (Å²) in [6, 6.07) is 16.2. The summed E-state index contributed by atoms with van der Waals surface area (Å²) in [4.78, 5) is 29.2. The van der Waals surface area contributed by atoms with E-state index in [2.05, 4.69) is 17.1 Å². The van der Waals surface area contributed by atoms with E-state index in [0.29, 0.717) is 19.3 Å². The zero-order chi connectivity index (χ0) is 20.8.